The molecule has 2 amide bonds. The number of aliphatic hydroxyl groups is 1. The van der Waals surface area contributed by atoms with Crippen LogP contribution < -0.4 is 9.80 Å². The zero-order valence-electron chi connectivity index (χ0n) is 27.9. The van der Waals surface area contributed by atoms with Gasteiger partial charge in [-0.3, -0.25) is 0 Å². The summed E-state index contributed by atoms with van der Waals surface area (Å²) in [5.74, 6) is -0.313. The van der Waals surface area contributed by atoms with Crippen molar-refractivity contribution in [3.63, 3.8) is 0 Å². The molecule has 0 aromatic heterocycles. The molecule has 4 rings (SSSR count). The molecule has 0 unspecified atom stereocenters. The molecule has 2 aliphatic rings. The third-order valence-corrected chi connectivity index (χ3v) is 7.04. The van der Waals surface area contributed by atoms with Crippen LogP contribution >= 0.6 is 0 Å². The Morgan fingerprint density at radius 1 is 0.689 bits per heavy atom. The minimum atomic E-state index is -0.484. The number of anilines is 2. The Bertz CT molecular complexity index is 1270. The number of ether oxygens (including phenoxy) is 3. The minimum Gasteiger partial charge on any atom is -0.462 e. The zero-order valence-corrected chi connectivity index (χ0v) is 27.9. The number of esters is 1. The van der Waals surface area contributed by atoms with E-state index in [1.807, 2.05) is 84.0 Å². The molecule has 2 aromatic rings. The zero-order chi connectivity index (χ0) is 33.2. The van der Waals surface area contributed by atoms with Crippen LogP contribution in [0, 0.1) is 0 Å². The van der Waals surface area contributed by atoms with Gasteiger partial charge in [0.2, 0.25) is 0 Å². The minimum absolute atomic E-state index is 0.0473. The van der Waals surface area contributed by atoms with E-state index in [4.69, 9.17) is 14.2 Å². The lowest BCUT2D eigenvalue weighted by molar-refractivity contribution is 0.0230. The molecule has 0 bridgehead atoms. The highest BCUT2D eigenvalue weighted by Crippen LogP contribution is 2.21. The maximum absolute atomic E-state index is 12.1. The van der Waals surface area contributed by atoms with Crippen molar-refractivity contribution < 1.29 is 33.7 Å². The molecule has 2 heterocycles. The van der Waals surface area contributed by atoms with Crippen LogP contribution in [0.5, 0.6) is 0 Å². The lowest BCUT2D eigenvalue weighted by Crippen LogP contribution is -2.50. The summed E-state index contributed by atoms with van der Waals surface area (Å²) in [6, 6.07) is 15.3. The van der Waals surface area contributed by atoms with Crippen molar-refractivity contribution in [1.29, 1.82) is 0 Å². The quantitative estimate of drug-likeness (QED) is 0.356. The smallest absolute Gasteiger partial charge is 0.410 e. The number of rotatable bonds is 5. The number of nitrogens with zero attached hydrogens (tertiary/aromatic N) is 4. The van der Waals surface area contributed by atoms with Crippen LogP contribution in [0.2, 0.25) is 0 Å². The number of piperazine rings is 2. The van der Waals surface area contributed by atoms with E-state index in [1.165, 1.54) is 0 Å². The Labute approximate surface area is 267 Å². The summed E-state index contributed by atoms with van der Waals surface area (Å²) in [6.07, 6.45) is -0.520. The Morgan fingerprint density at radius 3 is 1.56 bits per heavy atom. The van der Waals surface area contributed by atoms with Crippen LogP contribution in [0.3, 0.4) is 0 Å². The molecule has 0 spiro atoms. The molecule has 0 atom stereocenters. The number of carbonyl (C=O) groups is 3. The average Bonchev–Trinajstić information content (AvgIpc) is 3.00. The van der Waals surface area contributed by atoms with Crippen LogP contribution in [-0.4, -0.2) is 103 Å². The number of aliphatic hydroxyl groups excluding tert-OH is 1. The van der Waals surface area contributed by atoms with Crippen molar-refractivity contribution in [2.24, 2.45) is 0 Å². The molecule has 11 heteroatoms. The van der Waals surface area contributed by atoms with Crippen LogP contribution in [0.25, 0.3) is 0 Å². The van der Waals surface area contributed by atoms with E-state index in [1.54, 1.807) is 22.8 Å². The second-order valence-corrected chi connectivity index (χ2v) is 13.0. The monoisotopic (exact) mass is 626 g/mol. The summed E-state index contributed by atoms with van der Waals surface area (Å²) in [5, 5.41) is 9.20. The summed E-state index contributed by atoms with van der Waals surface area (Å²) < 4.78 is 15.8. The molecule has 248 valence electrons. The highest BCUT2D eigenvalue weighted by atomic mass is 16.6. The summed E-state index contributed by atoms with van der Waals surface area (Å²) in [6.45, 7) is 18.9. The van der Waals surface area contributed by atoms with Crippen LogP contribution in [0.1, 0.15) is 64.4 Å². The topological polar surface area (TPSA) is 112 Å². The van der Waals surface area contributed by atoms with Crippen molar-refractivity contribution in [2.45, 2.75) is 66.3 Å². The Hall–Kier alpha value is -3.99. The highest BCUT2D eigenvalue weighted by molar-refractivity contribution is 5.90. The SMILES string of the molecule is CC(C)(C)OC(=O)N1CCN(c2cccc(CO)c2)CC1.CCOC(=O)c1cccc(N2CCN(C(=O)OC(C)(C)C)CC2)c1. The normalized spacial score (nSPS) is 15.6. The lowest BCUT2D eigenvalue weighted by atomic mass is 10.1. The van der Waals surface area contributed by atoms with Gasteiger partial charge in [-0.1, -0.05) is 18.2 Å². The first-order chi connectivity index (χ1) is 21.2. The summed E-state index contributed by atoms with van der Waals surface area (Å²) in [5.41, 5.74) is 2.56. The number of carbonyl (C=O) groups excluding carboxylic acids is 3. The Balaban J connectivity index is 0.000000248. The van der Waals surface area contributed by atoms with Crippen LogP contribution in [-0.2, 0) is 20.8 Å². The molecular formula is C34H50N4O7. The van der Waals surface area contributed by atoms with E-state index in [0.29, 0.717) is 51.4 Å². The first-order valence-electron chi connectivity index (χ1n) is 15.6. The summed E-state index contributed by atoms with van der Waals surface area (Å²) in [4.78, 5) is 43.8. The van der Waals surface area contributed by atoms with Gasteiger partial charge in [-0.05, 0) is 84.4 Å². The molecule has 0 radical (unpaired) electrons. The van der Waals surface area contributed by atoms with E-state index in [9.17, 15) is 19.5 Å². The Kier molecular flexibility index (Phi) is 12.5. The molecular weight excluding hydrogens is 576 g/mol. The van der Waals surface area contributed by atoms with Gasteiger partial charge >= 0.3 is 18.2 Å². The first kappa shape index (κ1) is 35.5. The second-order valence-electron chi connectivity index (χ2n) is 13.0. The highest BCUT2D eigenvalue weighted by Gasteiger charge is 2.27. The van der Waals surface area contributed by atoms with Gasteiger partial charge in [0.1, 0.15) is 11.2 Å². The van der Waals surface area contributed by atoms with Gasteiger partial charge in [0.25, 0.3) is 0 Å². The van der Waals surface area contributed by atoms with Gasteiger partial charge in [-0.15, -0.1) is 0 Å². The third kappa shape index (κ3) is 11.5. The summed E-state index contributed by atoms with van der Waals surface area (Å²) in [7, 11) is 0. The third-order valence-electron chi connectivity index (χ3n) is 7.04. The summed E-state index contributed by atoms with van der Waals surface area (Å²) >= 11 is 0. The largest absolute Gasteiger partial charge is 0.462 e. The van der Waals surface area contributed by atoms with Gasteiger partial charge in [-0.25, -0.2) is 14.4 Å². The lowest BCUT2D eigenvalue weighted by Gasteiger charge is -2.36. The van der Waals surface area contributed by atoms with Crippen molar-refractivity contribution >= 4 is 29.5 Å². The fourth-order valence-electron chi connectivity index (χ4n) is 4.84. The van der Waals surface area contributed by atoms with Crippen molar-refractivity contribution in [1.82, 2.24) is 9.80 Å². The second kappa shape index (κ2) is 15.8. The molecule has 11 nitrogen and oxygen atoms in total. The molecule has 0 aliphatic carbocycles. The number of amides is 2. The number of hydrogen-bond acceptors (Lipinski definition) is 9. The van der Waals surface area contributed by atoms with E-state index < -0.39 is 11.2 Å². The van der Waals surface area contributed by atoms with E-state index in [2.05, 4.69) is 9.80 Å². The van der Waals surface area contributed by atoms with E-state index in [-0.39, 0.29) is 24.8 Å². The first-order valence-corrected chi connectivity index (χ1v) is 15.6. The molecule has 2 aliphatic heterocycles. The van der Waals surface area contributed by atoms with Crippen molar-refractivity contribution in [3.8, 4) is 0 Å². The number of hydrogen-bond donors (Lipinski definition) is 1. The fraction of sp³-hybridized carbons (Fsp3) is 0.559. The van der Waals surface area contributed by atoms with E-state index >= 15 is 0 Å². The van der Waals surface area contributed by atoms with Gasteiger partial charge in [-0.2, -0.15) is 0 Å². The van der Waals surface area contributed by atoms with Crippen LogP contribution in [0.15, 0.2) is 48.5 Å². The number of benzene rings is 2. The van der Waals surface area contributed by atoms with Gasteiger partial charge in [0.05, 0.1) is 18.8 Å². The molecule has 2 fully saturated rings. The maximum atomic E-state index is 12.1. The molecule has 2 aromatic carbocycles. The van der Waals surface area contributed by atoms with Crippen LogP contribution in [0.4, 0.5) is 21.0 Å². The average molecular weight is 627 g/mol. The predicted molar refractivity (Wildman–Crippen MR) is 175 cm³/mol. The van der Waals surface area contributed by atoms with Gasteiger partial charge in [0, 0.05) is 63.7 Å². The van der Waals surface area contributed by atoms with Gasteiger partial charge in [0.15, 0.2) is 0 Å². The maximum Gasteiger partial charge on any atom is 0.410 e. The molecule has 2 saturated heterocycles. The fourth-order valence-corrected chi connectivity index (χ4v) is 4.84. The van der Waals surface area contributed by atoms with E-state index in [0.717, 1.165) is 30.0 Å². The molecule has 45 heavy (non-hydrogen) atoms. The van der Waals surface area contributed by atoms with Gasteiger partial charge < -0.3 is 38.9 Å². The standard InChI is InChI=1S/C18H26N2O4.C16H24N2O3/c1-5-23-16(21)14-7-6-8-15(13-14)19-9-11-20(12-10-19)17(22)24-18(2,3)4;1-16(2,3)21-15(20)18-9-7-17(8-10-18)14-6-4-5-13(11-14)12-19/h6-8,13H,5,9-12H2,1-4H3;4-6,11,19H,7-10,12H2,1-3H3. The molecule has 1 N–H and O–H groups in total. The molecule has 0 saturated carbocycles. The predicted octanol–water partition coefficient (Wildman–Crippen LogP) is 5.16. The van der Waals surface area contributed by atoms with Crippen molar-refractivity contribution in [3.05, 3.63) is 59.7 Å². The van der Waals surface area contributed by atoms with Crippen molar-refractivity contribution in [2.75, 3.05) is 68.8 Å². The Morgan fingerprint density at radius 2 is 1.13 bits per heavy atom.